The molecule has 0 radical (unpaired) electrons. The third kappa shape index (κ3) is 2.55. The summed E-state index contributed by atoms with van der Waals surface area (Å²) >= 11 is 0. The summed E-state index contributed by atoms with van der Waals surface area (Å²) in [6, 6.07) is 4.92. The molecule has 0 aromatic carbocycles. The Hall–Kier alpha value is -2.42. The number of piperidine rings is 1. The van der Waals surface area contributed by atoms with E-state index >= 15 is 0 Å². The van der Waals surface area contributed by atoms with Crippen LogP contribution in [-0.4, -0.2) is 34.8 Å². The smallest absolute Gasteiger partial charge is 0.251 e. The van der Waals surface area contributed by atoms with Crippen LogP contribution in [0.25, 0.3) is 0 Å². The quantitative estimate of drug-likeness (QED) is 0.794. The van der Waals surface area contributed by atoms with Crippen molar-refractivity contribution >= 4 is 17.6 Å². The minimum Gasteiger partial charge on any atom is -0.357 e. The van der Waals surface area contributed by atoms with Gasteiger partial charge >= 0.3 is 0 Å². The van der Waals surface area contributed by atoms with E-state index in [9.17, 15) is 9.59 Å². The molecule has 1 unspecified atom stereocenters. The van der Waals surface area contributed by atoms with E-state index in [2.05, 4.69) is 10.3 Å². The molecule has 0 aliphatic carbocycles. The van der Waals surface area contributed by atoms with Crippen LogP contribution in [0.1, 0.15) is 24.1 Å². The maximum Gasteiger partial charge on any atom is 0.251 e. The fourth-order valence-corrected chi connectivity index (χ4v) is 1.97. The first kappa shape index (κ1) is 13.0. The van der Waals surface area contributed by atoms with Gasteiger partial charge in [-0.1, -0.05) is 0 Å². The van der Waals surface area contributed by atoms with Gasteiger partial charge in [-0.3, -0.25) is 14.5 Å². The molecule has 1 fully saturated rings. The maximum absolute atomic E-state index is 12.0. The fraction of sp³-hybridized carbons (Fsp3) is 0.385. The van der Waals surface area contributed by atoms with E-state index in [-0.39, 0.29) is 11.8 Å². The van der Waals surface area contributed by atoms with Gasteiger partial charge in [-0.05, 0) is 25.5 Å². The second kappa shape index (κ2) is 5.06. The number of likely N-dealkylation sites (N-methyl/N-ethyl adjacent to an activating group) is 1. The summed E-state index contributed by atoms with van der Waals surface area (Å²) < 4.78 is 0. The van der Waals surface area contributed by atoms with Crippen LogP contribution in [0, 0.1) is 18.3 Å². The van der Waals surface area contributed by atoms with Crippen LogP contribution in [0.3, 0.4) is 0 Å². The van der Waals surface area contributed by atoms with Crippen molar-refractivity contribution in [3.63, 3.8) is 0 Å². The maximum atomic E-state index is 12.0. The van der Waals surface area contributed by atoms with E-state index in [4.69, 9.17) is 5.26 Å². The zero-order valence-corrected chi connectivity index (χ0v) is 10.8. The predicted octanol–water partition coefficient (Wildman–Crippen LogP) is 0.821. The number of imide groups is 1. The van der Waals surface area contributed by atoms with Gasteiger partial charge in [0.05, 0.1) is 5.56 Å². The van der Waals surface area contributed by atoms with Crippen LogP contribution in [0.2, 0.25) is 0 Å². The summed E-state index contributed by atoms with van der Waals surface area (Å²) in [6.07, 6.45) is 0.732. The van der Waals surface area contributed by atoms with Crippen LogP contribution in [0.15, 0.2) is 12.1 Å². The number of aromatic nitrogens is 1. The molecule has 1 aromatic heterocycles. The van der Waals surface area contributed by atoms with Gasteiger partial charge in [-0.25, -0.2) is 4.98 Å². The zero-order chi connectivity index (χ0) is 14.0. The number of amides is 2. The number of nitrogens with zero attached hydrogens (tertiary/aromatic N) is 3. The Morgan fingerprint density at radius 3 is 2.89 bits per heavy atom. The Labute approximate surface area is 111 Å². The van der Waals surface area contributed by atoms with E-state index in [1.54, 1.807) is 12.1 Å². The first-order chi connectivity index (χ1) is 9.02. The number of carbonyl (C=O) groups excluding carboxylic acids is 2. The van der Waals surface area contributed by atoms with Crippen LogP contribution >= 0.6 is 0 Å². The van der Waals surface area contributed by atoms with Crippen molar-refractivity contribution in [1.29, 1.82) is 5.26 Å². The lowest BCUT2D eigenvalue weighted by molar-refractivity contribution is -0.146. The molecule has 19 heavy (non-hydrogen) atoms. The number of nitrogens with one attached hydrogen (secondary N) is 1. The van der Waals surface area contributed by atoms with Crippen molar-refractivity contribution in [3.05, 3.63) is 23.4 Å². The van der Waals surface area contributed by atoms with Crippen LogP contribution in [0.4, 0.5) is 5.82 Å². The Morgan fingerprint density at radius 2 is 2.21 bits per heavy atom. The number of likely N-dealkylation sites (tertiary alicyclic amines) is 1. The van der Waals surface area contributed by atoms with Crippen LogP contribution in [-0.2, 0) is 9.59 Å². The molecule has 0 saturated carbocycles. The molecule has 1 N–H and O–H groups in total. The number of carbonyl (C=O) groups is 2. The number of rotatable bonds is 2. The molecule has 6 heteroatoms. The van der Waals surface area contributed by atoms with Crippen molar-refractivity contribution in [2.75, 3.05) is 12.4 Å². The lowest BCUT2D eigenvalue weighted by Gasteiger charge is -2.28. The number of hydrogen-bond donors (Lipinski definition) is 1. The van der Waals surface area contributed by atoms with Gasteiger partial charge in [-0.2, -0.15) is 5.26 Å². The predicted molar refractivity (Wildman–Crippen MR) is 68.1 cm³/mol. The summed E-state index contributed by atoms with van der Waals surface area (Å²) in [4.78, 5) is 28.7. The summed E-state index contributed by atoms with van der Waals surface area (Å²) in [5.41, 5.74) is 1.15. The molecule has 1 saturated heterocycles. The van der Waals surface area contributed by atoms with E-state index in [0.29, 0.717) is 24.2 Å². The Kier molecular flexibility index (Phi) is 3.47. The van der Waals surface area contributed by atoms with Crippen molar-refractivity contribution in [3.8, 4) is 6.07 Å². The van der Waals surface area contributed by atoms with Crippen LogP contribution in [0.5, 0.6) is 0 Å². The summed E-state index contributed by atoms with van der Waals surface area (Å²) in [5.74, 6) is -0.0761. The first-order valence-corrected chi connectivity index (χ1v) is 5.97. The number of pyridine rings is 1. The average Bonchev–Trinajstić information content (AvgIpc) is 2.40. The molecule has 0 bridgehead atoms. The van der Waals surface area contributed by atoms with Gasteiger partial charge in [-0.15, -0.1) is 0 Å². The molecule has 2 amide bonds. The second-order valence-corrected chi connectivity index (χ2v) is 4.49. The monoisotopic (exact) mass is 258 g/mol. The molecule has 1 atom stereocenters. The number of aryl methyl sites for hydroxylation is 1. The molecule has 98 valence electrons. The first-order valence-electron chi connectivity index (χ1n) is 5.97. The topological polar surface area (TPSA) is 86.1 Å². The highest BCUT2D eigenvalue weighted by molar-refractivity contribution is 6.01. The minimum atomic E-state index is -0.510. The molecule has 2 heterocycles. The van der Waals surface area contributed by atoms with E-state index in [1.165, 1.54) is 7.05 Å². The molecule has 0 spiro atoms. The van der Waals surface area contributed by atoms with Crippen LogP contribution < -0.4 is 5.32 Å². The number of hydrogen-bond acceptors (Lipinski definition) is 5. The van der Waals surface area contributed by atoms with Crippen molar-refractivity contribution < 1.29 is 9.59 Å². The second-order valence-electron chi connectivity index (χ2n) is 4.49. The van der Waals surface area contributed by atoms with E-state index in [0.717, 1.165) is 10.6 Å². The lowest BCUT2D eigenvalue weighted by Crippen LogP contribution is -2.48. The van der Waals surface area contributed by atoms with E-state index in [1.807, 2.05) is 13.0 Å². The van der Waals surface area contributed by atoms with Crippen molar-refractivity contribution in [1.82, 2.24) is 9.88 Å². The zero-order valence-electron chi connectivity index (χ0n) is 10.8. The summed E-state index contributed by atoms with van der Waals surface area (Å²) in [7, 11) is 1.47. The summed E-state index contributed by atoms with van der Waals surface area (Å²) in [5, 5.41) is 12.0. The van der Waals surface area contributed by atoms with Gasteiger partial charge in [0.25, 0.3) is 5.91 Å². The fourth-order valence-electron chi connectivity index (χ4n) is 1.97. The third-order valence-electron chi connectivity index (χ3n) is 3.12. The van der Waals surface area contributed by atoms with E-state index < -0.39 is 6.04 Å². The SMILES string of the molecule is Cc1ccc(C#N)c(NC2CCC(=O)N(C)C2=O)n1. The molecular formula is C13H14N4O2. The molecule has 1 aromatic rings. The number of nitriles is 1. The third-order valence-corrected chi connectivity index (χ3v) is 3.12. The molecular weight excluding hydrogens is 244 g/mol. The van der Waals surface area contributed by atoms with Gasteiger partial charge < -0.3 is 5.32 Å². The van der Waals surface area contributed by atoms with Crippen molar-refractivity contribution in [2.24, 2.45) is 0 Å². The molecule has 1 aliphatic rings. The summed E-state index contributed by atoms with van der Waals surface area (Å²) in [6.45, 7) is 1.81. The standard InChI is InChI=1S/C13H14N4O2/c1-8-3-4-9(7-14)12(15-8)16-10-5-6-11(18)17(2)13(10)19/h3-4,10H,5-6H2,1-2H3,(H,15,16). The van der Waals surface area contributed by atoms with Gasteiger partial charge in [0.1, 0.15) is 17.9 Å². The lowest BCUT2D eigenvalue weighted by atomic mass is 10.0. The Bertz CT molecular complexity index is 576. The van der Waals surface area contributed by atoms with Gasteiger partial charge in [0, 0.05) is 19.2 Å². The molecule has 2 rings (SSSR count). The average molecular weight is 258 g/mol. The largest absolute Gasteiger partial charge is 0.357 e. The van der Waals surface area contributed by atoms with Gasteiger partial charge in [0.2, 0.25) is 5.91 Å². The van der Waals surface area contributed by atoms with Gasteiger partial charge in [0.15, 0.2) is 0 Å². The van der Waals surface area contributed by atoms with Crippen molar-refractivity contribution in [2.45, 2.75) is 25.8 Å². The number of anilines is 1. The highest BCUT2D eigenvalue weighted by Gasteiger charge is 2.32. The highest BCUT2D eigenvalue weighted by Crippen LogP contribution is 2.19. The molecule has 1 aliphatic heterocycles. The molecule has 6 nitrogen and oxygen atoms in total. The Morgan fingerprint density at radius 1 is 1.47 bits per heavy atom. The highest BCUT2D eigenvalue weighted by atomic mass is 16.2. The minimum absolute atomic E-state index is 0.180. The normalized spacial score (nSPS) is 19.2. The Balaban J connectivity index is 2.22.